The van der Waals surface area contributed by atoms with Gasteiger partial charge in [-0.15, -0.1) is 0 Å². The molecule has 1 heterocycles. The first-order valence-electron chi connectivity index (χ1n) is 12.4. The molecule has 1 amide bonds. The quantitative estimate of drug-likeness (QED) is 0.251. The average Bonchev–Trinajstić information content (AvgIpc) is 3.37. The van der Waals surface area contributed by atoms with Gasteiger partial charge in [-0.1, -0.05) is 92.7 Å². The predicted molar refractivity (Wildman–Crippen MR) is 146 cm³/mol. The topological polar surface area (TPSA) is 112 Å². The van der Waals surface area contributed by atoms with E-state index in [1.165, 1.54) is 5.56 Å². The molecule has 4 rings (SSSR count). The van der Waals surface area contributed by atoms with Gasteiger partial charge in [-0.2, -0.15) is 0 Å². The summed E-state index contributed by atoms with van der Waals surface area (Å²) in [5, 5.41) is 6.88. The fourth-order valence-corrected chi connectivity index (χ4v) is 4.57. The zero-order valence-corrected chi connectivity index (χ0v) is 25.5. The molecule has 0 saturated carbocycles. The molecule has 198 valence electrons. The van der Waals surface area contributed by atoms with Crippen molar-refractivity contribution in [3.8, 4) is 11.3 Å². The van der Waals surface area contributed by atoms with Crippen molar-refractivity contribution in [2.45, 2.75) is 38.5 Å². The van der Waals surface area contributed by atoms with Crippen LogP contribution in [0.5, 0.6) is 0 Å². The van der Waals surface area contributed by atoms with Crippen molar-refractivity contribution < 1.29 is 51.8 Å². The second-order valence-corrected chi connectivity index (χ2v) is 11.8. The summed E-state index contributed by atoms with van der Waals surface area (Å²) in [6.07, 6.45) is 0.631. The first-order valence-corrected chi connectivity index (χ1v) is 14.0. The van der Waals surface area contributed by atoms with Crippen molar-refractivity contribution in [2.24, 2.45) is 0 Å². The Morgan fingerprint density at radius 1 is 0.974 bits per heavy atom. The van der Waals surface area contributed by atoms with Gasteiger partial charge in [0, 0.05) is 29.7 Å². The van der Waals surface area contributed by atoms with Gasteiger partial charge >= 0.3 is 29.6 Å². The largest absolute Gasteiger partial charge is 1.00 e. The molecule has 0 aliphatic rings. The second kappa shape index (κ2) is 13.1. The molecule has 1 N–H and O–H groups in total. The number of hydrogen-bond acceptors (Lipinski definition) is 6. The number of nitrogens with zero attached hydrogens (tertiary/aromatic N) is 1. The van der Waals surface area contributed by atoms with Crippen LogP contribution in [0.25, 0.3) is 11.3 Å². The van der Waals surface area contributed by atoms with Crippen LogP contribution >= 0.6 is 0 Å². The molecule has 4 aromatic rings. The van der Waals surface area contributed by atoms with Crippen LogP contribution in [0, 0.1) is 0 Å². The Kier molecular flexibility index (Phi) is 10.3. The third kappa shape index (κ3) is 8.62. The van der Waals surface area contributed by atoms with Crippen molar-refractivity contribution in [1.29, 1.82) is 0 Å². The number of benzene rings is 3. The number of hydrogen-bond donors (Lipinski definition) is 1. The van der Waals surface area contributed by atoms with Gasteiger partial charge in [0.1, 0.15) is 0 Å². The zero-order valence-electron chi connectivity index (χ0n) is 22.7. The number of nitrogens with one attached hydrogen (secondary N) is 1. The molecule has 3 aromatic carbocycles. The summed E-state index contributed by atoms with van der Waals surface area (Å²) in [5.41, 5.74) is 5.53. The van der Waals surface area contributed by atoms with Crippen LogP contribution in [-0.2, 0) is 22.0 Å². The van der Waals surface area contributed by atoms with Crippen molar-refractivity contribution in [3.05, 3.63) is 113 Å². The summed E-state index contributed by atoms with van der Waals surface area (Å²) in [5.74, 6) is -0.454. The van der Waals surface area contributed by atoms with Crippen LogP contribution in [0.4, 0.5) is 0 Å². The Hall–Kier alpha value is -2.75. The molecule has 0 aliphatic carbocycles. The van der Waals surface area contributed by atoms with Crippen molar-refractivity contribution in [3.63, 3.8) is 0 Å². The van der Waals surface area contributed by atoms with E-state index in [1.807, 2.05) is 48.5 Å². The molecule has 39 heavy (non-hydrogen) atoms. The molecule has 0 saturated heterocycles. The summed E-state index contributed by atoms with van der Waals surface area (Å²) in [7, 11) is -4.38. The number of carbonyl (C=O) groups is 1. The van der Waals surface area contributed by atoms with E-state index >= 15 is 0 Å². The van der Waals surface area contributed by atoms with Gasteiger partial charge in [0.05, 0.1) is 21.6 Å². The van der Waals surface area contributed by atoms with Gasteiger partial charge < -0.3 is 14.4 Å². The molecule has 0 aliphatic heterocycles. The van der Waals surface area contributed by atoms with Gasteiger partial charge in [-0.25, -0.2) is 8.42 Å². The molecular formula is C30H31N2NaO5S. The summed E-state index contributed by atoms with van der Waals surface area (Å²) in [6, 6.07) is 27.5. The molecule has 1 atom stereocenters. The molecule has 9 heteroatoms. The maximum atomic E-state index is 12.3. The van der Waals surface area contributed by atoms with Crippen LogP contribution < -0.4 is 34.9 Å². The normalized spacial score (nSPS) is 12.4. The molecule has 0 spiro atoms. The minimum absolute atomic E-state index is 0. The maximum Gasteiger partial charge on any atom is 1.00 e. The molecule has 1 aromatic heterocycles. The Balaban J connectivity index is 0.00000420. The van der Waals surface area contributed by atoms with Crippen LogP contribution in [-0.4, -0.2) is 36.3 Å². The third-order valence-corrected chi connectivity index (χ3v) is 7.12. The maximum absolute atomic E-state index is 12.3. The Labute approximate surface area is 252 Å². The van der Waals surface area contributed by atoms with E-state index < -0.39 is 21.8 Å². The average molecular weight is 555 g/mol. The summed E-state index contributed by atoms with van der Waals surface area (Å²) in [6.45, 7) is 6.32. The second-order valence-electron chi connectivity index (χ2n) is 10.3. The smallest absolute Gasteiger partial charge is 0.748 e. The van der Waals surface area contributed by atoms with E-state index in [0.29, 0.717) is 17.7 Å². The number of amides is 1. The van der Waals surface area contributed by atoms with Crippen molar-refractivity contribution in [1.82, 2.24) is 10.5 Å². The van der Waals surface area contributed by atoms with Gasteiger partial charge in [-0.3, -0.25) is 4.79 Å². The fraction of sp³-hybridized carbons (Fsp3) is 0.267. The standard InChI is InChI=1S/C30H32N2O5S.Na/c1-30(2,3)25-15-13-22(14-16-25)26(27-20-28(37-32-27)23-7-5-4-6-8-23)19-21-9-11-24(12-10-21)29(33)31-17-18-38(34,35)36;/h4-16,20,26H,17-19H2,1-3H3,(H,31,33)(H,34,35,36);/q;+1/p-1. The van der Waals surface area contributed by atoms with E-state index in [9.17, 15) is 17.8 Å². The van der Waals surface area contributed by atoms with E-state index in [1.54, 1.807) is 12.1 Å². The first kappa shape index (κ1) is 30.8. The Bertz CT molecular complexity index is 1480. The molecule has 0 fully saturated rings. The Morgan fingerprint density at radius 2 is 1.62 bits per heavy atom. The molecular weight excluding hydrogens is 523 g/mol. The monoisotopic (exact) mass is 554 g/mol. The molecule has 0 bridgehead atoms. The van der Waals surface area contributed by atoms with E-state index in [4.69, 9.17) is 4.52 Å². The van der Waals surface area contributed by atoms with Gasteiger partial charge in [-0.05, 0) is 40.7 Å². The van der Waals surface area contributed by atoms with Gasteiger partial charge in [0.25, 0.3) is 5.91 Å². The molecule has 7 nitrogen and oxygen atoms in total. The Morgan fingerprint density at radius 3 is 2.21 bits per heavy atom. The van der Waals surface area contributed by atoms with E-state index in [-0.39, 0.29) is 47.4 Å². The summed E-state index contributed by atoms with van der Waals surface area (Å²) >= 11 is 0. The zero-order chi connectivity index (χ0) is 27.3. The van der Waals surface area contributed by atoms with E-state index in [2.05, 4.69) is 55.5 Å². The van der Waals surface area contributed by atoms with Crippen LogP contribution in [0.15, 0.2) is 89.5 Å². The summed E-state index contributed by atoms with van der Waals surface area (Å²) < 4.78 is 38.0. The van der Waals surface area contributed by atoms with Crippen molar-refractivity contribution in [2.75, 3.05) is 12.3 Å². The first-order chi connectivity index (χ1) is 18.0. The number of carbonyl (C=O) groups excluding carboxylic acids is 1. The van der Waals surface area contributed by atoms with Crippen LogP contribution in [0.1, 0.15) is 59.4 Å². The van der Waals surface area contributed by atoms with Crippen molar-refractivity contribution >= 4 is 16.0 Å². The summed E-state index contributed by atoms with van der Waals surface area (Å²) in [4.78, 5) is 12.3. The fourth-order valence-electron chi connectivity index (χ4n) is 4.22. The minimum Gasteiger partial charge on any atom is -0.748 e. The number of aromatic nitrogens is 1. The van der Waals surface area contributed by atoms with E-state index in [0.717, 1.165) is 22.4 Å². The molecule has 0 radical (unpaired) electrons. The number of rotatable bonds is 9. The van der Waals surface area contributed by atoms with Crippen LogP contribution in [0.3, 0.4) is 0 Å². The van der Waals surface area contributed by atoms with Crippen LogP contribution in [0.2, 0.25) is 0 Å². The van der Waals surface area contributed by atoms with Gasteiger partial charge in [0.2, 0.25) is 0 Å². The minimum atomic E-state index is -4.38. The SMILES string of the molecule is CC(C)(C)c1ccc(C(Cc2ccc(C(=O)NCCS(=O)(=O)[O-])cc2)c2cc(-c3ccccc3)on2)cc1.[Na+]. The third-order valence-electron chi connectivity index (χ3n) is 6.42. The van der Waals surface area contributed by atoms with Gasteiger partial charge in [0.15, 0.2) is 5.76 Å². The molecule has 1 unspecified atom stereocenters. The predicted octanol–water partition coefficient (Wildman–Crippen LogP) is 2.29.